The van der Waals surface area contributed by atoms with Gasteiger partial charge in [0.05, 0.1) is 4.47 Å². The number of ether oxygens (including phenoxy) is 1. The molecule has 0 radical (unpaired) electrons. The number of hydrogen-bond donors (Lipinski definition) is 1. The van der Waals surface area contributed by atoms with Crippen molar-refractivity contribution in [1.29, 1.82) is 0 Å². The fourth-order valence-corrected chi connectivity index (χ4v) is 2.16. The summed E-state index contributed by atoms with van der Waals surface area (Å²) in [5, 5.41) is 3.36. The van der Waals surface area contributed by atoms with E-state index in [0.717, 1.165) is 32.4 Å². The molecular formula is C14H21BrFNO. The van der Waals surface area contributed by atoms with Gasteiger partial charge in [0, 0.05) is 6.54 Å². The summed E-state index contributed by atoms with van der Waals surface area (Å²) in [5.74, 6) is 0.443. The molecule has 1 aromatic carbocycles. The van der Waals surface area contributed by atoms with Crippen molar-refractivity contribution in [1.82, 2.24) is 5.32 Å². The molecule has 1 aromatic rings. The lowest BCUT2D eigenvalue weighted by Crippen LogP contribution is -2.31. The predicted octanol–water partition coefficient (Wildman–Crippen LogP) is 4.14. The molecule has 0 fully saturated rings. The van der Waals surface area contributed by atoms with Crippen LogP contribution >= 0.6 is 15.9 Å². The zero-order chi connectivity index (χ0) is 13.4. The lowest BCUT2D eigenvalue weighted by atomic mass is 10.2. The van der Waals surface area contributed by atoms with E-state index >= 15 is 0 Å². The first kappa shape index (κ1) is 15.4. The minimum Gasteiger partial charge on any atom is -0.488 e. The first-order chi connectivity index (χ1) is 8.67. The molecule has 4 heteroatoms. The molecule has 2 nitrogen and oxygen atoms in total. The van der Waals surface area contributed by atoms with Crippen LogP contribution in [0.3, 0.4) is 0 Å². The second-order valence-corrected chi connectivity index (χ2v) is 5.16. The SMILES string of the molecule is CCCNCC(CCC)Oc1ccc(F)cc1Br. The van der Waals surface area contributed by atoms with Gasteiger partial charge in [-0.2, -0.15) is 0 Å². The van der Waals surface area contributed by atoms with Gasteiger partial charge in [-0.15, -0.1) is 0 Å². The van der Waals surface area contributed by atoms with Gasteiger partial charge < -0.3 is 10.1 Å². The Balaban J connectivity index is 2.58. The van der Waals surface area contributed by atoms with Crippen LogP contribution in [0.25, 0.3) is 0 Å². The van der Waals surface area contributed by atoms with Crippen molar-refractivity contribution in [3.63, 3.8) is 0 Å². The maximum absolute atomic E-state index is 13.0. The lowest BCUT2D eigenvalue weighted by Gasteiger charge is -2.20. The molecule has 0 saturated heterocycles. The Morgan fingerprint density at radius 2 is 2.11 bits per heavy atom. The van der Waals surface area contributed by atoms with E-state index in [9.17, 15) is 4.39 Å². The van der Waals surface area contributed by atoms with Crippen molar-refractivity contribution >= 4 is 15.9 Å². The molecule has 0 spiro atoms. The van der Waals surface area contributed by atoms with Crippen LogP contribution in [0.4, 0.5) is 4.39 Å². The van der Waals surface area contributed by atoms with Crippen LogP contribution in [0, 0.1) is 5.82 Å². The highest BCUT2D eigenvalue weighted by molar-refractivity contribution is 9.10. The second kappa shape index (κ2) is 8.48. The van der Waals surface area contributed by atoms with Crippen molar-refractivity contribution in [3.8, 4) is 5.75 Å². The van der Waals surface area contributed by atoms with Gasteiger partial charge >= 0.3 is 0 Å². The molecule has 0 amide bonds. The van der Waals surface area contributed by atoms with E-state index in [1.807, 2.05) is 0 Å². The van der Waals surface area contributed by atoms with Gasteiger partial charge in [-0.05, 0) is 53.5 Å². The number of halogens is 2. The number of rotatable bonds is 8. The van der Waals surface area contributed by atoms with Crippen LogP contribution in [0.15, 0.2) is 22.7 Å². The van der Waals surface area contributed by atoms with Gasteiger partial charge in [0.2, 0.25) is 0 Å². The van der Waals surface area contributed by atoms with E-state index in [1.165, 1.54) is 12.1 Å². The molecule has 1 atom stereocenters. The lowest BCUT2D eigenvalue weighted by molar-refractivity contribution is 0.185. The van der Waals surface area contributed by atoms with Crippen molar-refractivity contribution in [2.75, 3.05) is 13.1 Å². The highest BCUT2D eigenvalue weighted by Crippen LogP contribution is 2.26. The molecule has 0 aliphatic rings. The molecule has 0 bridgehead atoms. The molecule has 1 unspecified atom stereocenters. The Bertz CT molecular complexity index is 360. The second-order valence-electron chi connectivity index (χ2n) is 4.31. The summed E-state index contributed by atoms with van der Waals surface area (Å²) in [6.45, 7) is 6.09. The van der Waals surface area contributed by atoms with Crippen LogP contribution in [0.1, 0.15) is 33.1 Å². The zero-order valence-corrected chi connectivity index (χ0v) is 12.6. The Labute approximate surface area is 117 Å². The van der Waals surface area contributed by atoms with Crippen molar-refractivity contribution < 1.29 is 9.13 Å². The van der Waals surface area contributed by atoms with Crippen molar-refractivity contribution in [2.24, 2.45) is 0 Å². The molecule has 1 N–H and O–H groups in total. The largest absolute Gasteiger partial charge is 0.488 e. The van der Waals surface area contributed by atoms with E-state index in [-0.39, 0.29) is 11.9 Å². The first-order valence-corrected chi connectivity index (χ1v) is 7.29. The average molecular weight is 318 g/mol. The maximum atomic E-state index is 13.0. The molecule has 0 aliphatic carbocycles. The van der Waals surface area contributed by atoms with Gasteiger partial charge in [0.25, 0.3) is 0 Å². The number of hydrogen-bond acceptors (Lipinski definition) is 2. The minimum atomic E-state index is -0.259. The summed E-state index contributed by atoms with van der Waals surface area (Å²) >= 11 is 3.32. The van der Waals surface area contributed by atoms with Gasteiger partial charge in [-0.1, -0.05) is 20.3 Å². The summed E-state index contributed by atoms with van der Waals surface area (Å²) < 4.78 is 19.6. The fraction of sp³-hybridized carbons (Fsp3) is 0.571. The summed E-state index contributed by atoms with van der Waals surface area (Å²) in [6, 6.07) is 4.52. The van der Waals surface area contributed by atoms with Gasteiger partial charge in [0.1, 0.15) is 17.7 Å². The van der Waals surface area contributed by atoms with Gasteiger partial charge in [0.15, 0.2) is 0 Å². The number of benzene rings is 1. The molecule has 102 valence electrons. The highest BCUT2D eigenvalue weighted by atomic mass is 79.9. The van der Waals surface area contributed by atoms with E-state index in [4.69, 9.17) is 4.74 Å². The Kier molecular flexibility index (Phi) is 7.28. The van der Waals surface area contributed by atoms with Gasteiger partial charge in [-0.25, -0.2) is 4.39 Å². The smallest absolute Gasteiger partial charge is 0.134 e. The standard InChI is InChI=1S/C14H21BrFNO/c1-3-5-12(10-17-8-4-2)18-14-7-6-11(16)9-13(14)15/h6-7,9,12,17H,3-5,8,10H2,1-2H3. The van der Waals surface area contributed by atoms with Crippen LogP contribution in [-0.2, 0) is 0 Å². The van der Waals surface area contributed by atoms with Gasteiger partial charge in [-0.3, -0.25) is 0 Å². The molecule has 0 aromatic heterocycles. The first-order valence-electron chi connectivity index (χ1n) is 6.49. The van der Waals surface area contributed by atoms with Crippen LogP contribution in [0.5, 0.6) is 5.75 Å². The monoisotopic (exact) mass is 317 g/mol. The molecule has 0 aliphatic heterocycles. The highest BCUT2D eigenvalue weighted by Gasteiger charge is 2.11. The summed E-state index contributed by atoms with van der Waals surface area (Å²) in [7, 11) is 0. The Hall–Kier alpha value is -0.610. The van der Waals surface area contributed by atoms with Crippen LogP contribution < -0.4 is 10.1 Å². The third kappa shape index (κ3) is 5.36. The van der Waals surface area contributed by atoms with E-state index < -0.39 is 0 Å². The predicted molar refractivity (Wildman–Crippen MR) is 76.6 cm³/mol. The summed E-state index contributed by atoms with van der Waals surface area (Å²) in [6.07, 6.45) is 3.29. The van der Waals surface area contributed by atoms with E-state index in [1.54, 1.807) is 6.07 Å². The Morgan fingerprint density at radius 3 is 2.72 bits per heavy atom. The molecule has 1 rings (SSSR count). The van der Waals surface area contributed by atoms with Crippen LogP contribution in [-0.4, -0.2) is 19.2 Å². The Morgan fingerprint density at radius 1 is 1.33 bits per heavy atom. The minimum absolute atomic E-state index is 0.128. The van der Waals surface area contributed by atoms with Crippen LogP contribution in [0.2, 0.25) is 0 Å². The third-order valence-electron chi connectivity index (χ3n) is 2.60. The average Bonchev–Trinajstić information content (AvgIpc) is 2.33. The number of nitrogens with one attached hydrogen (secondary N) is 1. The van der Waals surface area contributed by atoms with Crippen molar-refractivity contribution in [3.05, 3.63) is 28.5 Å². The van der Waals surface area contributed by atoms with Crippen molar-refractivity contribution in [2.45, 2.75) is 39.2 Å². The summed E-state index contributed by atoms with van der Waals surface area (Å²) in [5.41, 5.74) is 0. The quantitative estimate of drug-likeness (QED) is 0.728. The maximum Gasteiger partial charge on any atom is 0.134 e. The molecule has 18 heavy (non-hydrogen) atoms. The molecule has 0 saturated carbocycles. The third-order valence-corrected chi connectivity index (χ3v) is 3.22. The van der Waals surface area contributed by atoms with E-state index in [0.29, 0.717) is 10.2 Å². The topological polar surface area (TPSA) is 21.3 Å². The van der Waals surface area contributed by atoms with E-state index in [2.05, 4.69) is 35.1 Å². The fourth-order valence-electron chi connectivity index (χ4n) is 1.71. The zero-order valence-electron chi connectivity index (χ0n) is 11.0. The molecular weight excluding hydrogens is 297 g/mol. The molecule has 0 heterocycles. The normalized spacial score (nSPS) is 12.4. The summed E-state index contributed by atoms with van der Waals surface area (Å²) in [4.78, 5) is 0.